The number of β-amino-alcohol motifs (C(OH)–C–C–N with tert-alkyl or cyclic N) is 1. The molecule has 5 unspecified atom stereocenters. The minimum atomic E-state index is -0.768. The molecule has 0 bridgehead atoms. The van der Waals surface area contributed by atoms with Gasteiger partial charge in [-0.1, -0.05) is 43.5 Å². The van der Waals surface area contributed by atoms with Crippen molar-refractivity contribution >= 4 is 17.7 Å². The maximum atomic E-state index is 13.3. The summed E-state index contributed by atoms with van der Waals surface area (Å²) in [6, 6.07) is 14.7. The zero-order chi connectivity index (χ0) is 28.7. The Morgan fingerprint density at radius 3 is 2.55 bits per heavy atom. The molecule has 8 heteroatoms. The first-order valence-corrected chi connectivity index (χ1v) is 15.7. The summed E-state index contributed by atoms with van der Waals surface area (Å²) >= 11 is 1.62. The fourth-order valence-corrected chi connectivity index (χ4v) is 7.00. The number of hydrogen-bond acceptors (Lipinski definition) is 7. The second-order valence-electron chi connectivity index (χ2n) is 12.5. The normalized spacial score (nSPS) is 23.3. The average molecular weight is 570 g/mol. The third kappa shape index (κ3) is 8.70. The standard InChI is InChI=1S/C32H47N3O4S/c1-22-27(15-10-16-29(22)36)31(38)33-28(21-40-26-13-6-5-7-14-26)30(37)19-35-18-24-12-9-8-11-23(24)17-25(35)20-39-34-32(2,3)4/h5-7,10,13-16,23-25,28,30,34,36-37H,8-9,11-12,17-21H2,1-4H3,(H,33,38). The van der Waals surface area contributed by atoms with E-state index < -0.39 is 12.1 Å². The van der Waals surface area contributed by atoms with E-state index in [0.717, 1.165) is 17.9 Å². The second-order valence-corrected chi connectivity index (χ2v) is 13.6. The van der Waals surface area contributed by atoms with Crippen LogP contribution in [-0.4, -0.2) is 70.2 Å². The molecule has 0 radical (unpaired) electrons. The highest BCUT2D eigenvalue weighted by molar-refractivity contribution is 7.99. The van der Waals surface area contributed by atoms with Crippen molar-refractivity contribution in [1.82, 2.24) is 15.7 Å². The number of hydroxylamine groups is 1. The van der Waals surface area contributed by atoms with Crippen molar-refractivity contribution in [2.75, 3.05) is 25.4 Å². The van der Waals surface area contributed by atoms with Crippen molar-refractivity contribution < 1.29 is 19.8 Å². The molecule has 5 atom stereocenters. The number of amides is 1. The number of thioether (sulfide) groups is 1. The zero-order valence-electron chi connectivity index (χ0n) is 24.4. The van der Waals surface area contributed by atoms with Gasteiger partial charge in [0, 0.05) is 46.4 Å². The summed E-state index contributed by atoms with van der Waals surface area (Å²) in [5.74, 6) is 1.69. The van der Waals surface area contributed by atoms with E-state index in [4.69, 9.17) is 4.84 Å². The number of nitrogens with one attached hydrogen (secondary N) is 2. The van der Waals surface area contributed by atoms with Crippen LogP contribution in [0.5, 0.6) is 5.75 Å². The lowest BCUT2D eigenvalue weighted by atomic mass is 9.73. The number of hydrogen-bond donors (Lipinski definition) is 4. The molecular weight excluding hydrogens is 522 g/mol. The molecule has 220 valence electrons. The summed E-state index contributed by atoms with van der Waals surface area (Å²) < 4.78 is 0. The van der Waals surface area contributed by atoms with Gasteiger partial charge in [-0.3, -0.25) is 14.5 Å². The molecule has 1 saturated carbocycles. The van der Waals surface area contributed by atoms with Crippen molar-refractivity contribution in [3.8, 4) is 5.75 Å². The summed E-state index contributed by atoms with van der Waals surface area (Å²) in [7, 11) is 0. The van der Waals surface area contributed by atoms with Crippen molar-refractivity contribution in [3.63, 3.8) is 0 Å². The van der Waals surface area contributed by atoms with E-state index in [1.54, 1.807) is 36.9 Å². The lowest BCUT2D eigenvalue weighted by Crippen LogP contribution is -2.56. The molecule has 1 saturated heterocycles. The van der Waals surface area contributed by atoms with Gasteiger partial charge in [0.15, 0.2) is 0 Å². The quantitative estimate of drug-likeness (QED) is 0.220. The minimum Gasteiger partial charge on any atom is -0.508 e. The average Bonchev–Trinajstić information content (AvgIpc) is 2.92. The summed E-state index contributed by atoms with van der Waals surface area (Å²) in [5, 5.41) is 24.9. The number of carbonyl (C=O) groups excluding carboxylic acids is 1. The molecule has 40 heavy (non-hydrogen) atoms. The molecule has 4 N–H and O–H groups in total. The van der Waals surface area contributed by atoms with Gasteiger partial charge in [-0.05, 0) is 76.6 Å². The van der Waals surface area contributed by atoms with Crippen LogP contribution in [-0.2, 0) is 4.84 Å². The summed E-state index contributed by atoms with van der Waals surface area (Å²) in [6.07, 6.45) is 5.40. The van der Waals surface area contributed by atoms with Crippen LogP contribution < -0.4 is 10.8 Å². The lowest BCUT2D eigenvalue weighted by Gasteiger charge is -2.47. The van der Waals surface area contributed by atoms with Crippen LogP contribution >= 0.6 is 11.8 Å². The van der Waals surface area contributed by atoms with E-state index in [0.29, 0.717) is 41.9 Å². The first-order chi connectivity index (χ1) is 19.1. The van der Waals surface area contributed by atoms with E-state index in [1.165, 1.54) is 25.7 Å². The van der Waals surface area contributed by atoms with E-state index >= 15 is 0 Å². The fraction of sp³-hybridized carbons (Fsp3) is 0.594. The highest BCUT2D eigenvalue weighted by atomic mass is 32.2. The SMILES string of the molecule is Cc1c(O)cccc1C(=O)NC(CSc1ccccc1)C(O)CN1CC2CCCCC2CC1CONC(C)(C)C. The topological polar surface area (TPSA) is 94.1 Å². The van der Waals surface area contributed by atoms with E-state index in [1.807, 2.05) is 30.3 Å². The maximum Gasteiger partial charge on any atom is 0.252 e. The Hall–Kier alpha value is -2.10. The molecule has 2 fully saturated rings. The molecular formula is C32H47N3O4S. The second kappa shape index (κ2) is 14.2. The van der Waals surface area contributed by atoms with E-state index in [2.05, 4.69) is 36.5 Å². The molecule has 0 spiro atoms. The van der Waals surface area contributed by atoms with Crippen molar-refractivity contribution in [1.29, 1.82) is 0 Å². The number of aliphatic hydroxyl groups is 1. The maximum absolute atomic E-state index is 13.3. The number of piperidine rings is 1. The zero-order valence-corrected chi connectivity index (χ0v) is 25.3. The molecule has 2 aliphatic rings. The number of phenolic OH excluding ortho intramolecular Hbond substituents is 1. The van der Waals surface area contributed by atoms with Crippen LogP contribution in [0, 0.1) is 18.8 Å². The lowest BCUT2D eigenvalue weighted by molar-refractivity contribution is -0.0727. The first kappa shape index (κ1) is 30.8. The summed E-state index contributed by atoms with van der Waals surface area (Å²) in [6.45, 7) is 9.95. The minimum absolute atomic E-state index is 0.0884. The van der Waals surface area contributed by atoms with Gasteiger partial charge in [0.05, 0.1) is 18.8 Å². The Labute approximate surface area is 244 Å². The Kier molecular flexibility index (Phi) is 10.9. The Morgan fingerprint density at radius 1 is 1.10 bits per heavy atom. The Morgan fingerprint density at radius 2 is 1.82 bits per heavy atom. The van der Waals surface area contributed by atoms with Gasteiger partial charge in [-0.2, -0.15) is 5.48 Å². The van der Waals surface area contributed by atoms with Crippen molar-refractivity contribution in [2.24, 2.45) is 11.8 Å². The molecule has 1 aliphatic heterocycles. The van der Waals surface area contributed by atoms with Crippen molar-refractivity contribution in [3.05, 3.63) is 59.7 Å². The predicted octanol–water partition coefficient (Wildman–Crippen LogP) is 5.15. The molecule has 2 aromatic rings. The van der Waals surface area contributed by atoms with Gasteiger partial charge < -0.3 is 15.5 Å². The fourth-order valence-electron chi connectivity index (χ4n) is 5.97. The van der Waals surface area contributed by atoms with Crippen molar-refractivity contribution in [2.45, 2.75) is 88.4 Å². The van der Waals surface area contributed by atoms with Crippen LogP contribution in [0.3, 0.4) is 0 Å². The summed E-state index contributed by atoms with van der Waals surface area (Å²) in [4.78, 5) is 22.8. The van der Waals surface area contributed by atoms with Crippen LogP contribution in [0.1, 0.15) is 68.8 Å². The molecule has 1 heterocycles. The van der Waals surface area contributed by atoms with Gasteiger partial charge in [-0.15, -0.1) is 11.8 Å². The number of rotatable bonds is 11. The number of benzene rings is 2. The van der Waals surface area contributed by atoms with Crippen LogP contribution in [0.2, 0.25) is 0 Å². The smallest absolute Gasteiger partial charge is 0.252 e. The first-order valence-electron chi connectivity index (χ1n) is 14.7. The van der Waals surface area contributed by atoms with Gasteiger partial charge >= 0.3 is 0 Å². The highest BCUT2D eigenvalue weighted by Crippen LogP contribution is 2.39. The Balaban J connectivity index is 1.49. The third-order valence-corrected chi connectivity index (χ3v) is 9.34. The number of aliphatic hydroxyl groups excluding tert-OH is 1. The number of nitrogens with zero attached hydrogens (tertiary/aromatic N) is 1. The molecule has 2 aromatic carbocycles. The number of carbonyl (C=O) groups is 1. The molecule has 1 aliphatic carbocycles. The third-order valence-electron chi connectivity index (χ3n) is 8.21. The summed E-state index contributed by atoms with van der Waals surface area (Å²) in [5.41, 5.74) is 3.98. The number of aromatic hydroxyl groups is 1. The van der Waals surface area contributed by atoms with Crippen LogP contribution in [0.4, 0.5) is 0 Å². The van der Waals surface area contributed by atoms with Gasteiger partial charge in [-0.25, -0.2) is 0 Å². The number of phenols is 1. The molecule has 0 aromatic heterocycles. The van der Waals surface area contributed by atoms with Gasteiger partial charge in [0.25, 0.3) is 5.91 Å². The predicted molar refractivity (Wildman–Crippen MR) is 162 cm³/mol. The van der Waals surface area contributed by atoms with E-state index in [-0.39, 0.29) is 23.2 Å². The van der Waals surface area contributed by atoms with Crippen LogP contribution in [0.25, 0.3) is 0 Å². The van der Waals surface area contributed by atoms with Gasteiger partial charge in [0.2, 0.25) is 0 Å². The number of fused-ring (bicyclic) bond motifs is 1. The molecule has 1 amide bonds. The van der Waals surface area contributed by atoms with E-state index in [9.17, 15) is 15.0 Å². The highest BCUT2D eigenvalue weighted by Gasteiger charge is 2.38. The van der Waals surface area contributed by atoms with Crippen LogP contribution in [0.15, 0.2) is 53.4 Å². The largest absolute Gasteiger partial charge is 0.508 e. The number of likely N-dealkylation sites (tertiary alicyclic amines) is 1. The Bertz CT molecular complexity index is 1090. The monoisotopic (exact) mass is 569 g/mol. The van der Waals surface area contributed by atoms with Gasteiger partial charge in [0.1, 0.15) is 5.75 Å². The molecule has 4 rings (SSSR count). The molecule has 7 nitrogen and oxygen atoms in total.